The van der Waals surface area contributed by atoms with Crippen molar-refractivity contribution in [3.05, 3.63) is 22.3 Å². The van der Waals surface area contributed by atoms with Gasteiger partial charge >= 0.3 is 5.97 Å². The number of thiazole rings is 1. The summed E-state index contributed by atoms with van der Waals surface area (Å²) >= 11 is 2.97. The highest BCUT2D eigenvalue weighted by Gasteiger charge is 2.46. The number of carbonyl (C=O) groups excluding carboxylic acids is 2. The molecule has 10 nitrogen and oxygen atoms in total. The van der Waals surface area contributed by atoms with Crippen molar-refractivity contribution in [2.24, 2.45) is 5.16 Å². The van der Waals surface area contributed by atoms with Crippen LogP contribution in [0.3, 0.4) is 0 Å². The number of amides is 1. The molecule has 0 bridgehead atoms. The van der Waals surface area contributed by atoms with Gasteiger partial charge in [-0.25, -0.2) is 4.98 Å². The Morgan fingerprint density at radius 2 is 2.29 bits per heavy atom. The van der Waals surface area contributed by atoms with Crippen LogP contribution in [0.5, 0.6) is 0 Å². The number of hydrogen-bond acceptors (Lipinski definition) is 11. The summed E-state index contributed by atoms with van der Waals surface area (Å²) in [6.45, 7) is 1.33. The molecule has 2 fully saturated rings. The van der Waals surface area contributed by atoms with Gasteiger partial charge in [-0.1, -0.05) is 5.16 Å². The van der Waals surface area contributed by atoms with Crippen LogP contribution in [0.2, 0.25) is 0 Å². The minimum Gasteiger partial charge on any atom is -0.469 e. The van der Waals surface area contributed by atoms with Crippen molar-refractivity contribution >= 4 is 45.8 Å². The van der Waals surface area contributed by atoms with Crippen molar-refractivity contribution < 1.29 is 23.9 Å². The molecular weight excluding hydrogens is 442 g/mol. The summed E-state index contributed by atoms with van der Waals surface area (Å²) < 4.78 is 10.8. The average Bonchev–Trinajstić information content (AvgIpc) is 3.42. The number of nitrogens with two attached hydrogens (primary N) is 1. The average molecular weight is 468 g/mol. The first-order valence-corrected chi connectivity index (χ1v) is 11.9. The van der Waals surface area contributed by atoms with E-state index in [0.29, 0.717) is 17.4 Å². The van der Waals surface area contributed by atoms with E-state index in [9.17, 15) is 9.59 Å². The van der Waals surface area contributed by atoms with E-state index in [0.717, 1.165) is 36.5 Å². The Hall–Kier alpha value is -2.31. The van der Waals surface area contributed by atoms with Gasteiger partial charge in [0.1, 0.15) is 12.8 Å². The third-order valence-corrected chi connectivity index (χ3v) is 7.58. The van der Waals surface area contributed by atoms with Gasteiger partial charge in [0.05, 0.1) is 31.1 Å². The van der Waals surface area contributed by atoms with Gasteiger partial charge in [-0.05, 0) is 18.4 Å². The summed E-state index contributed by atoms with van der Waals surface area (Å²) in [4.78, 5) is 36.0. The number of rotatable bonds is 7. The Morgan fingerprint density at radius 3 is 2.94 bits per heavy atom. The van der Waals surface area contributed by atoms with Gasteiger partial charge < -0.3 is 30.3 Å². The van der Waals surface area contributed by atoms with Crippen molar-refractivity contribution in [1.29, 1.82) is 0 Å². The number of methoxy groups -OCH3 is 1. The second-order valence-electron chi connectivity index (χ2n) is 7.35. The zero-order valence-electron chi connectivity index (χ0n) is 17.3. The first-order chi connectivity index (χ1) is 15.0. The van der Waals surface area contributed by atoms with Gasteiger partial charge in [-0.15, -0.1) is 23.1 Å². The van der Waals surface area contributed by atoms with Gasteiger partial charge in [0.2, 0.25) is 0 Å². The Morgan fingerprint density at radius 1 is 1.45 bits per heavy atom. The van der Waals surface area contributed by atoms with Crippen molar-refractivity contribution in [2.45, 2.75) is 36.8 Å². The summed E-state index contributed by atoms with van der Waals surface area (Å²) in [5, 5.41) is 8.90. The van der Waals surface area contributed by atoms with Gasteiger partial charge in [0.25, 0.3) is 5.91 Å². The lowest BCUT2D eigenvalue weighted by molar-refractivity contribution is -0.140. The maximum absolute atomic E-state index is 12.9. The van der Waals surface area contributed by atoms with Crippen LogP contribution in [0, 0.1) is 0 Å². The highest BCUT2D eigenvalue weighted by atomic mass is 32.2. The highest BCUT2D eigenvalue weighted by molar-refractivity contribution is 8.00. The van der Waals surface area contributed by atoms with Gasteiger partial charge in [-0.3, -0.25) is 9.59 Å². The number of nitrogens with one attached hydrogen (secondary N) is 1. The molecule has 1 amide bonds. The maximum atomic E-state index is 12.9. The smallest absolute Gasteiger partial charge is 0.311 e. The molecule has 31 heavy (non-hydrogen) atoms. The summed E-state index contributed by atoms with van der Waals surface area (Å²) in [7, 11) is 2.77. The van der Waals surface area contributed by atoms with Gasteiger partial charge in [0, 0.05) is 30.0 Å². The van der Waals surface area contributed by atoms with Crippen LogP contribution >= 0.6 is 23.1 Å². The van der Waals surface area contributed by atoms with E-state index in [4.69, 9.17) is 20.0 Å². The fourth-order valence-corrected chi connectivity index (χ4v) is 6.03. The van der Waals surface area contributed by atoms with Crippen molar-refractivity contribution in [3.8, 4) is 0 Å². The Kier molecular flexibility index (Phi) is 6.68. The minimum absolute atomic E-state index is 0.0260. The van der Waals surface area contributed by atoms with Crippen LogP contribution in [0.25, 0.3) is 0 Å². The van der Waals surface area contributed by atoms with Crippen molar-refractivity contribution in [3.63, 3.8) is 0 Å². The third kappa shape index (κ3) is 4.51. The number of aromatic nitrogens is 1. The van der Waals surface area contributed by atoms with E-state index >= 15 is 0 Å². The largest absolute Gasteiger partial charge is 0.469 e. The number of hydrogen-bond donors (Lipinski definition) is 2. The molecule has 0 radical (unpaired) electrons. The number of esters is 1. The van der Waals surface area contributed by atoms with Crippen LogP contribution in [-0.4, -0.2) is 78.1 Å². The summed E-state index contributed by atoms with van der Waals surface area (Å²) in [6.07, 6.45) is 2.25. The molecule has 12 heteroatoms. The predicted molar refractivity (Wildman–Crippen MR) is 118 cm³/mol. The SMILES string of the molecule is CO/N=C(\C(=O)NC1CN2C(CC(=O)OC)=C(C3CCCO3)CSC12)c1csc(N)n1. The zero-order chi connectivity index (χ0) is 22.0. The molecule has 0 aliphatic carbocycles. The monoisotopic (exact) mass is 467 g/mol. The fourth-order valence-electron chi connectivity index (χ4n) is 4.00. The molecule has 0 spiro atoms. The third-order valence-electron chi connectivity index (χ3n) is 5.51. The van der Waals surface area contributed by atoms with Crippen LogP contribution in [0.15, 0.2) is 21.8 Å². The number of ether oxygens (including phenoxy) is 2. The number of anilines is 1. The molecular formula is C19H25N5O5S2. The molecule has 3 unspecified atom stereocenters. The number of nitrogen functional groups attached to an aromatic ring is 1. The molecule has 0 aromatic carbocycles. The molecule has 1 aromatic heterocycles. The predicted octanol–water partition coefficient (Wildman–Crippen LogP) is 0.945. The normalized spacial score (nSPS) is 25.7. The lowest BCUT2D eigenvalue weighted by Crippen LogP contribution is -2.66. The number of thioether (sulfide) groups is 1. The molecule has 4 heterocycles. The summed E-state index contributed by atoms with van der Waals surface area (Å²) in [5.41, 5.74) is 8.27. The zero-order valence-corrected chi connectivity index (χ0v) is 19.0. The molecule has 3 atom stereocenters. The molecule has 0 saturated carbocycles. The number of oxime groups is 1. The molecule has 3 N–H and O–H groups in total. The topological polar surface area (TPSA) is 128 Å². The van der Waals surface area contributed by atoms with Crippen molar-refractivity contribution in [1.82, 2.24) is 15.2 Å². The lowest BCUT2D eigenvalue weighted by atomic mass is 9.98. The summed E-state index contributed by atoms with van der Waals surface area (Å²) in [5.74, 6) is 0.103. The standard InChI is InChI=1S/C19H25N5O5S2/c1-27-15(25)6-13-10(14-4-3-5-29-14)8-30-18-11(7-24(13)18)21-17(26)16(23-28-2)12-9-31-19(20)22-12/h9,11,14,18H,3-8H2,1-2H3,(H2,20,22)(H,21,26)/b23-16-. The second-order valence-corrected chi connectivity index (χ2v) is 9.35. The molecule has 3 aliphatic rings. The lowest BCUT2D eigenvalue weighted by Gasteiger charge is -2.53. The fraction of sp³-hybridized carbons (Fsp3) is 0.579. The van der Waals surface area contributed by atoms with Crippen LogP contribution in [0.1, 0.15) is 25.0 Å². The quantitative estimate of drug-likeness (QED) is 0.342. The Balaban J connectivity index is 1.47. The number of fused-ring (bicyclic) bond motifs is 1. The Bertz CT molecular complexity index is 911. The van der Waals surface area contributed by atoms with Crippen LogP contribution in [-0.2, 0) is 23.9 Å². The van der Waals surface area contributed by atoms with Gasteiger partial charge in [0.15, 0.2) is 10.8 Å². The molecule has 3 aliphatic heterocycles. The van der Waals surface area contributed by atoms with Crippen LogP contribution in [0.4, 0.5) is 5.13 Å². The van der Waals surface area contributed by atoms with Gasteiger partial charge in [-0.2, -0.15) is 0 Å². The molecule has 2 saturated heterocycles. The second kappa shape index (κ2) is 9.45. The molecule has 168 valence electrons. The van der Waals surface area contributed by atoms with E-state index in [1.165, 1.54) is 25.6 Å². The van der Waals surface area contributed by atoms with Crippen molar-refractivity contribution in [2.75, 3.05) is 38.9 Å². The van der Waals surface area contributed by atoms with E-state index in [-0.39, 0.29) is 41.5 Å². The molecule has 1 aromatic rings. The first-order valence-electron chi connectivity index (χ1n) is 9.93. The minimum atomic E-state index is -0.374. The summed E-state index contributed by atoms with van der Waals surface area (Å²) in [6, 6.07) is -0.103. The Labute approximate surface area is 188 Å². The highest BCUT2D eigenvalue weighted by Crippen LogP contribution is 2.43. The van der Waals surface area contributed by atoms with E-state index < -0.39 is 0 Å². The van der Waals surface area contributed by atoms with E-state index in [2.05, 4.69) is 20.4 Å². The molecule has 4 rings (SSSR count). The number of carbonyl (C=O) groups is 2. The van der Waals surface area contributed by atoms with Crippen LogP contribution < -0.4 is 11.1 Å². The van der Waals surface area contributed by atoms with E-state index in [1.807, 2.05) is 0 Å². The number of nitrogens with zero attached hydrogens (tertiary/aromatic N) is 3. The first kappa shape index (κ1) is 21.9. The van der Waals surface area contributed by atoms with E-state index in [1.54, 1.807) is 17.1 Å². The maximum Gasteiger partial charge on any atom is 0.311 e.